The Bertz CT molecular complexity index is 1240. The lowest BCUT2D eigenvalue weighted by molar-refractivity contribution is 0.0997. The van der Waals surface area contributed by atoms with E-state index in [4.69, 9.17) is 0 Å². The monoisotopic (exact) mass is 463 g/mol. The Kier molecular flexibility index (Phi) is 7.40. The minimum atomic E-state index is -3.61. The maximum atomic E-state index is 14.2. The van der Waals surface area contributed by atoms with Crippen LogP contribution in [0, 0.1) is 5.82 Å². The number of amides is 1. The molecule has 1 heterocycles. The van der Waals surface area contributed by atoms with Crippen LogP contribution in [0.5, 0.6) is 0 Å². The molecule has 31 heavy (non-hydrogen) atoms. The highest BCUT2D eigenvalue weighted by molar-refractivity contribution is 7.89. The molecular formula is C22H26FN3O3S2. The number of hydrogen-bond donors (Lipinski definition) is 0. The van der Waals surface area contributed by atoms with Crippen LogP contribution in [0.4, 0.5) is 4.39 Å². The standard InChI is InChI=1S/C22H26FN3O3S2/c1-4-14-25(15-5-2)31(28,29)17-12-10-16(11-13-17)21(27)24-22-26(6-3)20-18(23)8-7-9-19(20)30-22/h7-13H,4-6,14-15H2,1-3H3. The summed E-state index contributed by atoms with van der Waals surface area (Å²) in [7, 11) is -3.61. The molecule has 166 valence electrons. The van der Waals surface area contributed by atoms with Crippen molar-refractivity contribution in [2.24, 2.45) is 4.99 Å². The number of fused-ring (bicyclic) bond motifs is 1. The summed E-state index contributed by atoms with van der Waals surface area (Å²) >= 11 is 1.24. The van der Waals surface area contributed by atoms with E-state index in [1.807, 2.05) is 20.8 Å². The number of aromatic nitrogens is 1. The first kappa shape index (κ1) is 23.3. The van der Waals surface area contributed by atoms with Crippen LogP contribution in [-0.2, 0) is 16.6 Å². The highest BCUT2D eigenvalue weighted by Gasteiger charge is 2.23. The molecule has 0 spiro atoms. The zero-order chi connectivity index (χ0) is 22.6. The summed E-state index contributed by atoms with van der Waals surface area (Å²) in [6.07, 6.45) is 1.45. The number of nitrogens with zero attached hydrogens (tertiary/aromatic N) is 3. The van der Waals surface area contributed by atoms with Crippen LogP contribution in [0.25, 0.3) is 10.2 Å². The van der Waals surface area contributed by atoms with Crippen LogP contribution in [0.2, 0.25) is 0 Å². The van der Waals surface area contributed by atoms with Crippen molar-refractivity contribution in [3.8, 4) is 0 Å². The van der Waals surface area contributed by atoms with Crippen LogP contribution < -0.4 is 4.80 Å². The second-order valence-electron chi connectivity index (χ2n) is 7.06. The number of thiazole rings is 1. The Balaban J connectivity index is 1.94. The third-order valence-corrected chi connectivity index (χ3v) is 7.81. The molecule has 0 radical (unpaired) electrons. The molecule has 1 aromatic heterocycles. The number of rotatable bonds is 8. The van der Waals surface area contributed by atoms with Crippen LogP contribution in [0.3, 0.4) is 0 Å². The van der Waals surface area contributed by atoms with Crippen molar-refractivity contribution >= 4 is 37.5 Å². The van der Waals surface area contributed by atoms with Crippen molar-refractivity contribution in [2.45, 2.75) is 45.1 Å². The molecule has 0 aliphatic rings. The van der Waals surface area contributed by atoms with Gasteiger partial charge in [0.1, 0.15) is 5.82 Å². The minimum absolute atomic E-state index is 0.151. The van der Waals surface area contributed by atoms with Gasteiger partial charge in [0.2, 0.25) is 10.0 Å². The van der Waals surface area contributed by atoms with Gasteiger partial charge in [-0.2, -0.15) is 9.30 Å². The average Bonchev–Trinajstić information content (AvgIpc) is 3.12. The van der Waals surface area contributed by atoms with Gasteiger partial charge in [-0.1, -0.05) is 31.3 Å². The molecule has 9 heteroatoms. The van der Waals surface area contributed by atoms with Crippen molar-refractivity contribution < 1.29 is 17.6 Å². The first-order valence-corrected chi connectivity index (χ1v) is 12.6. The fraction of sp³-hybridized carbons (Fsp3) is 0.364. The predicted molar refractivity (Wildman–Crippen MR) is 121 cm³/mol. The molecule has 0 fully saturated rings. The number of benzene rings is 2. The largest absolute Gasteiger partial charge is 0.314 e. The van der Waals surface area contributed by atoms with Gasteiger partial charge in [0, 0.05) is 25.2 Å². The summed E-state index contributed by atoms with van der Waals surface area (Å²) in [6, 6.07) is 10.6. The number of para-hydroxylation sites is 1. The van der Waals surface area contributed by atoms with Gasteiger partial charge in [-0.25, -0.2) is 12.8 Å². The molecule has 0 atom stereocenters. The van der Waals surface area contributed by atoms with E-state index < -0.39 is 15.9 Å². The van der Waals surface area contributed by atoms with E-state index in [-0.39, 0.29) is 16.3 Å². The number of carbonyl (C=O) groups excluding carboxylic acids is 1. The molecule has 3 aromatic rings. The molecule has 6 nitrogen and oxygen atoms in total. The van der Waals surface area contributed by atoms with E-state index >= 15 is 0 Å². The molecule has 2 aromatic carbocycles. The van der Waals surface area contributed by atoms with E-state index in [9.17, 15) is 17.6 Å². The maximum Gasteiger partial charge on any atom is 0.279 e. The Hall–Kier alpha value is -2.36. The van der Waals surface area contributed by atoms with E-state index in [2.05, 4.69) is 4.99 Å². The quantitative estimate of drug-likeness (QED) is 0.497. The van der Waals surface area contributed by atoms with E-state index in [1.165, 1.54) is 46.0 Å². The second kappa shape index (κ2) is 9.84. The topological polar surface area (TPSA) is 71.7 Å². The molecule has 0 aliphatic carbocycles. The maximum absolute atomic E-state index is 14.2. The molecular weight excluding hydrogens is 437 g/mol. The van der Waals surface area contributed by atoms with E-state index in [0.29, 0.717) is 34.7 Å². The van der Waals surface area contributed by atoms with Crippen LogP contribution in [-0.4, -0.2) is 36.3 Å². The van der Waals surface area contributed by atoms with Crippen molar-refractivity contribution in [3.05, 3.63) is 58.6 Å². The molecule has 0 aliphatic heterocycles. The molecule has 0 bridgehead atoms. The molecule has 0 saturated heterocycles. The number of sulfonamides is 1. The van der Waals surface area contributed by atoms with Crippen LogP contribution >= 0.6 is 11.3 Å². The molecule has 1 amide bonds. The summed E-state index contributed by atoms with van der Waals surface area (Å²) in [5.74, 6) is -0.861. The van der Waals surface area contributed by atoms with Gasteiger partial charge in [0.25, 0.3) is 5.91 Å². The fourth-order valence-corrected chi connectivity index (χ4v) is 6.12. The Morgan fingerprint density at radius 2 is 1.71 bits per heavy atom. The zero-order valence-electron chi connectivity index (χ0n) is 17.8. The second-order valence-corrected chi connectivity index (χ2v) is 10.0. The van der Waals surface area contributed by atoms with Crippen LogP contribution in [0.1, 0.15) is 44.0 Å². The minimum Gasteiger partial charge on any atom is -0.314 e. The third kappa shape index (κ3) is 4.78. The van der Waals surface area contributed by atoms with Gasteiger partial charge < -0.3 is 4.57 Å². The lowest BCUT2D eigenvalue weighted by atomic mass is 10.2. The first-order valence-electron chi connectivity index (χ1n) is 10.3. The average molecular weight is 464 g/mol. The van der Waals surface area contributed by atoms with E-state index in [1.54, 1.807) is 16.7 Å². The fourth-order valence-electron chi connectivity index (χ4n) is 3.39. The number of halogens is 1. The first-order chi connectivity index (χ1) is 14.8. The predicted octanol–water partition coefficient (Wildman–Crippen LogP) is 4.41. The number of carbonyl (C=O) groups is 1. The summed E-state index contributed by atoms with van der Waals surface area (Å²) in [5.41, 5.74) is 0.701. The molecule has 0 saturated carbocycles. The van der Waals surface area contributed by atoms with Gasteiger partial charge in [-0.15, -0.1) is 0 Å². The summed E-state index contributed by atoms with van der Waals surface area (Å²) in [6.45, 7) is 7.10. The van der Waals surface area contributed by atoms with Gasteiger partial charge in [-0.05, 0) is 56.2 Å². The summed E-state index contributed by atoms with van der Waals surface area (Å²) in [5, 5.41) is 0. The van der Waals surface area contributed by atoms with Gasteiger partial charge in [0.15, 0.2) is 4.80 Å². The lowest BCUT2D eigenvalue weighted by Gasteiger charge is -2.21. The molecule has 0 N–H and O–H groups in total. The normalized spacial score (nSPS) is 12.7. The van der Waals surface area contributed by atoms with Crippen molar-refractivity contribution in [2.75, 3.05) is 13.1 Å². The van der Waals surface area contributed by atoms with E-state index in [0.717, 1.165) is 12.8 Å². The number of aryl methyl sites for hydroxylation is 1. The zero-order valence-corrected chi connectivity index (χ0v) is 19.5. The summed E-state index contributed by atoms with van der Waals surface area (Å²) in [4.78, 5) is 17.5. The Morgan fingerprint density at radius 3 is 2.29 bits per heavy atom. The highest BCUT2D eigenvalue weighted by atomic mass is 32.2. The SMILES string of the molecule is CCCN(CCC)S(=O)(=O)c1ccc(C(=O)N=c2sc3cccc(F)c3n2CC)cc1. The Morgan fingerprint density at radius 1 is 1.06 bits per heavy atom. The number of hydrogen-bond acceptors (Lipinski definition) is 4. The van der Waals surface area contributed by atoms with Crippen molar-refractivity contribution in [3.63, 3.8) is 0 Å². The van der Waals surface area contributed by atoms with Crippen molar-refractivity contribution in [1.29, 1.82) is 0 Å². The Labute approximate surface area is 185 Å². The summed E-state index contributed by atoms with van der Waals surface area (Å²) < 4.78 is 43.8. The molecule has 0 unspecified atom stereocenters. The van der Waals surface area contributed by atoms with Gasteiger partial charge in [-0.3, -0.25) is 4.79 Å². The lowest BCUT2D eigenvalue weighted by Crippen LogP contribution is -2.32. The third-order valence-electron chi connectivity index (χ3n) is 4.85. The van der Waals surface area contributed by atoms with Gasteiger partial charge >= 0.3 is 0 Å². The van der Waals surface area contributed by atoms with Crippen molar-refractivity contribution in [1.82, 2.24) is 8.87 Å². The van der Waals surface area contributed by atoms with Gasteiger partial charge in [0.05, 0.1) is 15.1 Å². The molecule has 3 rings (SSSR count). The smallest absolute Gasteiger partial charge is 0.279 e. The highest BCUT2D eigenvalue weighted by Crippen LogP contribution is 2.21. The van der Waals surface area contributed by atoms with Crippen LogP contribution in [0.15, 0.2) is 52.4 Å².